The van der Waals surface area contributed by atoms with Crippen LogP contribution in [-0.2, 0) is 16.8 Å². The summed E-state index contributed by atoms with van der Waals surface area (Å²) >= 11 is 0. The number of anilines is 2. The van der Waals surface area contributed by atoms with E-state index in [0.29, 0.717) is 18.7 Å². The molecule has 0 saturated heterocycles. The predicted molar refractivity (Wildman–Crippen MR) is 124 cm³/mol. The van der Waals surface area contributed by atoms with E-state index < -0.39 is 22.7 Å². The van der Waals surface area contributed by atoms with Gasteiger partial charge in [0.05, 0.1) is 26.2 Å². The van der Waals surface area contributed by atoms with Gasteiger partial charge in [-0.05, 0) is 42.5 Å². The zero-order chi connectivity index (χ0) is 24.0. The molecule has 1 atom stereocenters. The summed E-state index contributed by atoms with van der Waals surface area (Å²) < 4.78 is 40.5. The van der Waals surface area contributed by atoms with Crippen LogP contribution in [0.15, 0.2) is 48.7 Å². The van der Waals surface area contributed by atoms with Crippen LogP contribution in [0.1, 0.15) is 42.5 Å². The zero-order valence-corrected chi connectivity index (χ0v) is 19.2. The largest absolute Gasteiger partial charge is 0.493 e. The first kappa shape index (κ1) is 22.1. The van der Waals surface area contributed by atoms with Gasteiger partial charge in [-0.25, -0.2) is 13.8 Å². The minimum absolute atomic E-state index is 0.00158. The van der Waals surface area contributed by atoms with Crippen molar-refractivity contribution in [3.05, 3.63) is 77.0 Å². The van der Waals surface area contributed by atoms with Gasteiger partial charge in [0, 0.05) is 18.3 Å². The van der Waals surface area contributed by atoms with Gasteiger partial charge < -0.3 is 19.7 Å². The minimum atomic E-state index is -0.934. The molecule has 34 heavy (non-hydrogen) atoms. The number of hydrogen-bond acceptors (Lipinski definition) is 5. The van der Waals surface area contributed by atoms with E-state index in [1.165, 1.54) is 14.2 Å². The van der Waals surface area contributed by atoms with Gasteiger partial charge in [0.25, 0.3) is 0 Å². The van der Waals surface area contributed by atoms with E-state index in [9.17, 15) is 4.79 Å². The zero-order valence-electron chi connectivity index (χ0n) is 19.2. The molecule has 0 radical (unpaired) electrons. The van der Waals surface area contributed by atoms with Gasteiger partial charge in [0.2, 0.25) is 5.91 Å². The Bertz CT molecular complexity index is 1230. The Labute approximate surface area is 196 Å². The number of halogens is 2. The van der Waals surface area contributed by atoms with Gasteiger partial charge in [-0.1, -0.05) is 30.3 Å². The Kier molecular flexibility index (Phi) is 5.38. The van der Waals surface area contributed by atoms with E-state index in [4.69, 9.17) is 9.47 Å². The standard InChI is InChI=1S/C26H25F2N3O3/c1-15(16-7-5-4-6-8-16)30-21-11-18-17(13-29-21)14-31(25(32)26(18)9-10-26)24-22(27)19(33-2)12-20(34-3)23(24)28/h4-8,11-13,15H,9-10,14H2,1-3H3,(H,29,30). The fraction of sp³-hybridized carbons (Fsp3) is 0.308. The Balaban J connectivity index is 1.52. The SMILES string of the molecule is COc1cc(OC)c(F)c(N2Cc3cnc(NC(C)c4ccccc4)cc3C3(CC3)C2=O)c1F. The number of nitrogens with zero attached hydrogens (tertiary/aromatic N) is 2. The topological polar surface area (TPSA) is 63.7 Å². The van der Waals surface area contributed by atoms with Crippen LogP contribution in [0.4, 0.5) is 20.3 Å². The highest BCUT2D eigenvalue weighted by molar-refractivity contribution is 6.05. The van der Waals surface area contributed by atoms with Crippen LogP contribution in [0.2, 0.25) is 0 Å². The molecule has 1 spiro atoms. The number of hydrogen-bond donors (Lipinski definition) is 1. The third kappa shape index (κ3) is 3.45. The Morgan fingerprint density at radius 2 is 1.71 bits per heavy atom. The second-order valence-electron chi connectivity index (χ2n) is 8.73. The lowest BCUT2D eigenvalue weighted by molar-refractivity contribution is -0.121. The van der Waals surface area contributed by atoms with Crippen LogP contribution in [0.5, 0.6) is 11.5 Å². The summed E-state index contributed by atoms with van der Waals surface area (Å²) in [6.07, 6.45) is 2.90. The Morgan fingerprint density at radius 1 is 1.06 bits per heavy atom. The van der Waals surface area contributed by atoms with Crippen LogP contribution < -0.4 is 19.7 Å². The summed E-state index contributed by atoms with van der Waals surface area (Å²) in [6.45, 7) is 2.04. The van der Waals surface area contributed by atoms with E-state index in [2.05, 4.69) is 10.3 Å². The molecule has 3 aromatic rings. The highest BCUT2D eigenvalue weighted by Crippen LogP contribution is 2.55. The number of nitrogens with one attached hydrogen (secondary N) is 1. The van der Waals surface area contributed by atoms with E-state index >= 15 is 8.78 Å². The van der Waals surface area contributed by atoms with E-state index in [1.54, 1.807) is 6.20 Å². The van der Waals surface area contributed by atoms with Crippen LogP contribution in [-0.4, -0.2) is 25.1 Å². The average Bonchev–Trinajstić information content (AvgIpc) is 3.65. The number of aromatic nitrogens is 1. The maximum absolute atomic E-state index is 15.2. The number of methoxy groups -OCH3 is 2. The molecule has 2 heterocycles. The summed E-state index contributed by atoms with van der Waals surface area (Å²) in [5.41, 5.74) is 1.47. The minimum Gasteiger partial charge on any atom is -0.493 e. The molecule has 2 aromatic carbocycles. The van der Waals surface area contributed by atoms with Gasteiger partial charge in [0.15, 0.2) is 23.1 Å². The Morgan fingerprint density at radius 3 is 2.29 bits per heavy atom. The van der Waals surface area contributed by atoms with Crippen molar-refractivity contribution in [1.82, 2.24) is 4.98 Å². The van der Waals surface area contributed by atoms with Crippen LogP contribution in [0.25, 0.3) is 0 Å². The molecule has 1 fully saturated rings. The molecule has 1 aliphatic carbocycles. The molecule has 1 saturated carbocycles. The smallest absolute Gasteiger partial charge is 0.238 e. The average molecular weight is 466 g/mol. The maximum Gasteiger partial charge on any atom is 0.238 e. The van der Waals surface area contributed by atoms with Crippen molar-refractivity contribution in [1.29, 1.82) is 0 Å². The molecule has 5 rings (SSSR count). The fourth-order valence-corrected chi connectivity index (χ4v) is 4.70. The van der Waals surface area contributed by atoms with Gasteiger partial charge >= 0.3 is 0 Å². The van der Waals surface area contributed by atoms with E-state index in [0.717, 1.165) is 27.7 Å². The summed E-state index contributed by atoms with van der Waals surface area (Å²) in [7, 11) is 2.56. The van der Waals surface area contributed by atoms with Crippen molar-refractivity contribution in [3.8, 4) is 11.5 Å². The van der Waals surface area contributed by atoms with Crippen LogP contribution in [0.3, 0.4) is 0 Å². The number of pyridine rings is 1. The van der Waals surface area contributed by atoms with Gasteiger partial charge in [0.1, 0.15) is 11.5 Å². The molecule has 6 nitrogen and oxygen atoms in total. The van der Waals surface area contributed by atoms with E-state index in [-0.39, 0.29) is 30.0 Å². The van der Waals surface area contributed by atoms with Crippen LogP contribution in [0, 0.1) is 11.6 Å². The summed E-state index contributed by atoms with van der Waals surface area (Å²) in [4.78, 5) is 19.3. The van der Waals surface area contributed by atoms with E-state index in [1.807, 2.05) is 43.3 Å². The first-order chi connectivity index (χ1) is 16.4. The number of carbonyl (C=O) groups excluding carboxylic acids is 1. The third-order valence-electron chi connectivity index (χ3n) is 6.72. The summed E-state index contributed by atoms with van der Waals surface area (Å²) in [5, 5.41) is 3.39. The fourth-order valence-electron chi connectivity index (χ4n) is 4.70. The molecule has 2 aliphatic rings. The quantitative estimate of drug-likeness (QED) is 0.547. The lowest BCUT2D eigenvalue weighted by Gasteiger charge is -2.35. The molecular formula is C26H25F2N3O3. The highest BCUT2D eigenvalue weighted by atomic mass is 19.1. The first-order valence-corrected chi connectivity index (χ1v) is 11.1. The number of ether oxygens (including phenoxy) is 2. The van der Waals surface area contributed by atoms with Crippen molar-refractivity contribution >= 4 is 17.4 Å². The molecule has 1 unspecified atom stereocenters. The molecule has 1 aromatic heterocycles. The molecule has 8 heteroatoms. The Hall–Kier alpha value is -3.68. The number of benzene rings is 2. The normalized spacial score (nSPS) is 16.7. The molecule has 1 amide bonds. The number of fused-ring (bicyclic) bond motifs is 2. The van der Waals surface area contributed by atoms with Crippen molar-refractivity contribution < 1.29 is 23.0 Å². The molecular weight excluding hydrogens is 440 g/mol. The van der Waals surface area contributed by atoms with Crippen molar-refractivity contribution in [2.75, 3.05) is 24.4 Å². The summed E-state index contributed by atoms with van der Waals surface area (Å²) in [5.74, 6) is -1.93. The lowest BCUT2D eigenvalue weighted by Crippen LogP contribution is -2.45. The number of amides is 1. The highest BCUT2D eigenvalue weighted by Gasteiger charge is 2.57. The monoisotopic (exact) mass is 465 g/mol. The van der Waals surface area contributed by atoms with Crippen molar-refractivity contribution in [3.63, 3.8) is 0 Å². The molecule has 1 N–H and O–H groups in total. The van der Waals surface area contributed by atoms with Gasteiger partial charge in [-0.2, -0.15) is 0 Å². The first-order valence-electron chi connectivity index (χ1n) is 11.1. The van der Waals surface area contributed by atoms with Crippen molar-refractivity contribution in [2.45, 2.75) is 37.8 Å². The summed E-state index contributed by atoms with van der Waals surface area (Å²) in [6, 6.07) is 13.0. The molecule has 176 valence electrons. The predicted octanol–water partition coefficient (Wildman–Crippen LogP) is 5.13. The lowest BCUT2D eigenvalue weighted by atomic mass is 9.86. The second-order valence-corrected chi connectivity index (χ2v) is 8.73. The number of carbonyl (C=O) groups is 1. The molecule has 1 aliphatic heterocycles. The third-order valence-corrected chi connectivity index (χ3v) is 6.72. The van der Waals surface area contributed by atoms with Crippen LogP contribution >= 0.6 is 0 Å². The second kappa shape index (κ2) is 8.27. The van der Waals surface area contributed by atoms with Gasteiger partial charge in [-0.15, -0.1) is 0 Å². The number of rotatable bonds is 6. The maximum atomic E-state index is 15.2. The van der Waals surface area contributed by atoms with Gasteiger partial charge in [-0.3, -0.25) is 4.79 Å². The van der Waals surface area contributed by atoms with Crippen molar-refractivity contribution in [2.24, 2.45) is 0 Å². The molecule has 0 bridgehead atoms.